The average molecular weight is 348 g/mol. The lowest BCUT2D eigenvalue weighted by atomic mass is 9.92. The molecule has 19 heavy (non-hydrogen) atoms. The van der Waals surface area contributed by atoms with E-state index in [4.69, 9.17) is 4.74 Å². The molecule has 1 amide bonds. The van der Waals surface area contributed by atoms with Gasteiger partial charge in [-0.3, -0.25) is 4.79 Å². The molecule has 1 aliphatic heterocycles. The van der Waals surface area contributed by atoms with E-state index in [1.807, 2.05) is 5.38 Å². The Morgan fingerprint density at radius 2 is 2.32 bits per heavy atom. The molecule has 0 saturated carbocycles. The van der Waals surface area contributed by atoms with E-state index in [-0.39, 0.29) is 12.0 Å². The van der Waals surface area contributed by atoms with Gasteiger partial charge in [0, 0.05) is 29.6 Å². The van der Waals surface area contributed by atoms with Gasteiger partial charge in [-0.1, -0.05) is 0 Å². The Kier molecular flexibility index (Phi) is 5.81. The molecule has 0 spiro atoms. The number of hydrogen-bond donors (Lipinski definition) is 2. The van der Waals surface area contributed by atoms with Crippen LogP contribution >= 0.6 is 27.3 Å². The van der Waals surface area contributed by atoms with Crippen LogP contribution in [-0.2, 0) is 4.74 Å². The van der Waals surface area contributed by atoms with Crippen molar-refractivity contribution >= 4 is 33.2 Å². The summed E-state index contributed by atoms with van der Waals surface area (Å²) in [7, 11) is 0. The minimum atomic E-state index is -0.348. The van der Waals surface area contributed by atoms with Crippen molar-refractivity contribution in [3.63, 3.8) is 0 Å². The molecule has 4 nitrogen and oxygen atoms in total. The molecular formula is C13H18BrNO3S. The lowest BCUT2D eigenvalue weighted by Crippen LogP contribution is -2.32. The SMILES string of the molecule is O=C(NCCC(O)C1CCOCC1)c1cc(Br)cs1. The van der Waals surface area contributed by atoms with Gasteiger partial charge in [-0.05, 0) is 47.2 Å². The number of nitrogens with one attached hydrogen (secondary N) is 1. The normalized spacial score (nSPS) is 18.2. The van der Waals surface area contributed by atoms with Gasteiger partial charge in [0.25, 0.3) is 5.91 Å². The number of hydrogen-bond acceptors (Lipinski definition) is 4. The molecule has 0 aromatic carbocycles. The van der Waals surface area contributed by atoms with Crippen molar-refractivity contribution in [3.05, 3.63) is 20.8 Å². The molecule has 0 bridgehead atoms. The fourth-order valence-corrected chi connectivity index (χ4v) is 3.53. The summed E-state index contributed by atoms with van der Waals surface area (Å²) in [4.78, 5) is 12.5. The largest absolute Gasteiger partial charge is 0.393 e. The van der Waals surface area contributed by atoms with Crippen molar-refractivity contribution in [2.75, 3.05) is 19.8 Å². The van der Waals surface area contributed by atoms with E-state index in [9.17, 15) is 9.90 Å². The van der Waals surface area contributed by atoms with Gasteiger partial charge in [0.2, 0.25) is 0 Å². The van der Waals surface area contributed by atoms with E-state index < -0.39 is 0 Å². The zero-order valence-corrected chi connectivity index (χ0v) is 13.0. The Labute approximate surface area is 125 Å². The number of halogens is 1. The van der Waals surface area contributed by atoms with Gasteiger partial charge in [0.05, 0.1) is 11.0 Å². The third-order valence-corrected chi connectivity index (χ3v) is 5.02. The molecule has 6 heteroatoms. The summed E-state index contributed by atoms with van der Waals surface area (Å²) < 4.78 is 6.19. The second-order valence-electron chi connectivity index (χ2n) is 4.69. The van der Waals surface area contributed by atoms with E-state index in [0.29, 0.717) is 23.8 Å². The third kappa shape index (κ3) is 4.56. The summed E-state index contributed by atoms with van der Waals surface area (Å²) in [6.45, 7) is 1.97. The summed E-state index contributed by atoms with van der Waals surface area (Å²) in [5, 5.41) is 14.8. The van der Waals surface area contributed by atoms with Crippen molar-refractivity contribution in [2.45, 2.75) is 25.4 Å². The zero-order valence-electron chi connectivity index (χ0n) is 10.6. The highest BCUT2D eigenvalue weighted by atomic mass is 79.9. The lowest BCUT2D eigenvalue weighted by Gasteiger charge is -2.26. The van der Waals surface area contributed by atoms with Crippen LogP contribution in [0.1, 0.15) is 28.9 Å². The van der Waals surface area contributed by atoms with E-state index in [2.05, 4.69) is 21.2 Å². The van der Waals surface area contributed by atoms with Crippen LogP contribution in [-0.4, -0.2) is 36.9 Å². The first-order valence-electron chi connectivity index (χ1n) is 6.45. The molecular weight excluding hydrogens is 330 g/mol. The number of carbonyl (C=O) groups is 1. The maximum absolute atomic E-state index is 11.8. The summed E-state index contributed by atoms with van der Waals surface area (Å²) in [5.74, 6) is 0.233. The average Bonchev–Trinajstić information content (AvgIpc) is 2.86. The minimum absolute atomic E-state index is 0.0742. The summed E-state index contributed by atoms with van der Waals surface area (Å²) >= 11 is 4.73. The van der Waals surface area contributed by atoms with Gasteiger partial charge in [0.15, 0.2) is 0 Å². The van der Waals surface area contributed by atoms with Crippen LogP contribution in [0.25, 0.3) is 0 Å². The molecule has 1 aromatic rings. The molecule has 0 aliphatic carbocycles. The van der Waals surface area contributed by atoms with Crippen LogP contribution in [0.2, 0.25) is 0 Å². The standard InChI is InChI=1S/C13H18BrNO3S/c14-10-7-12(19-8-10)13(17)15-4-1-11(16)9-2-5-18-6-3-9/h7-9,11,16H,1-6H2,(H,15,17). The summed E-state index contributed by atoms with van der Waals surface area (Å²) in [5.41, 5.74) is 0. The van der Waals surface area contributed by atoms with Gasteiger partial charge in [-0.15, -0.1) is 11.3 Å². The van der Waals surface area contributed by atoms with E-state index in [1.165, 1.54) is 11.3 Å². The van der Waals surface area contributed by atoms with E-state index in [0.717, 1.165) is 30.5 Å². The summed E-state index contributed by atoms with van der Waals surface area (Å²) in [6, 6.07) is 1.80. The number of aliphatic hydroxyl groups excluding tert-OH is 1. The smallest absolute Gasteiger partial charge is 0.261 e. The molecule has 2 N–H and O–H groups in total. The highest BCUT2D eigenvalue weighted by molar-refractivity contribution is 9.10. The number of amides is 1. The molecule has 1 atom stereocenters. The Morgan fingerprint density at radius 1 is 1.58 bits per heavy atom. The molecule has 106 valence electrons. The summed E-state index contributed by atoms with van der Waals surface area (Å²) in [6.07, 6.45) is 2.07. The predicted octanol–water partition coefficient (Wildman–Crippen LogP) is 2.42. The van der Waals surface area contributed by atoms with Gasteiger partial charge < -0.3 is 15.2 Å². The monoisotopic (exact) mass is 347 g/mol. The molecule has 1 aliphatic rings. The molecule has 1 unspecified atom stereocenters. The molecule has 1 saturated heterocycles. The number of thiophene rings is 1. The van der Waals surface area contributed by atoms with Crippen LogP contribution in [0.3, 0.4) is 0 Å². The van der Waals surface area contributed by atoms with E-state index >= 15 is 0 Å². The molecule has 1 fully saturated rings. The number of carbonyl (C=O) groups excluding carboxylic acids is 1. The first-order valence-corrected chi connectivity index (χ1v) is 8.12. The number of ether oxygens (including phenoxy) is 1. The topological polar surface area (TPSA) is 58.6 Å². The van der Waals surface area contributed by atoms with Crippen LogP contribution in [0.15, 0.2) is 15.9 Å². The first kappa shape index (κ1) is 15.0. The van der Waals surface area contributed by atoms with Gasteiger partial charge in [0.1, 0.15) is 0 Å². The lowest BCUT2D eigenvalue weighted by molar-refractivity contribution is 0.00528. The van der Waals surface area contributed by atoms with Crippen molar-refractivity contribution in [3.8, 4) is 0 Å². The van der Waals surface area contributed by atoms with Crippen LogP contribution in [0, 0.1) is 5.92 Å². The second-order valence-corrected chi connectivity index (χ2v) is 6.52. The maximum Gasteiger partial charge on any atom is 0.261 e. The Hall–Kier alpha value is -0.430. The Morgan fingerprint density at radius 3 is 2.95 bits per heavy atom. The highest BCUT2D eigenvalue weighted by Gasteiger charge is 2.21. The van der Waals surface area contributed by atoms with Crippen molar-refractivity contribution < 1.29 is 14.6 Å². The molecule has 2 rings (SSSR count). The molecule has 0 radical (unpaired) electrons. The fourth-order valence-electron chi connectivity index (χ4n) is 2.19. The quantitative estimate of drug-likeness (QED) is 0.859. The van der Waals surface area contributed by atoms with Crippen molar-refractivity contribution in [1.82, 2.24) is 5.32 Å². The zero-order chi connectivity index (χ0) is 13.7. The van der Waals surface area contributed by atoms with Gasteiger partial charge in [-0.25, -0.2) is 0 Å². The predicted molar refractivity (Wildman–Crippen MR) is 78.5 cm³/mol. The number of aliphatic hydroxyl groups is 1. The van der Waals surface area contributed by atoms with Crippen molar-refractivity contribution in [1.29, 1.82) is 0 Å². The Bertz CT molecular complexity index is 418. The maximum atomic E-state index is 11.8. The second kappa shape index (κ2) is 7.38. The fraction of sp³-hybridized carbons (Fsp3) is 0.615. The van der Waals surface area contributed by atoms with Gasteiger partial charge in [-0.2, -0.15) is 0 Å². The van der Waals surface area contributed by atoms with Crippen molar-refractivity contribution in [2.24, 2.45) is 5.92 Å². The van der Waals surface area contributed by atoms with Gasteiger partial charge >= 0.3 is 0 Å². The molecule has 1 aromatic heterocycles. The number of rotatable bonds is 5. The molecule has 2 heterocycles. The Balaban J connectivity index is 1.69. The first-order chi connectivity index (χ1) is 9.16. The van der Waals surface area contributed by atoms with Crippen LogP contribution in [0.5, 0.6) is 0 Å². The van der Waals surface area contributed by atoms with Crippen LogP contribution in [0.4, 0.5) is 0 Å². The van der Waals surface area contributed by atoms with Crippen LogP contribution < -0.4 is 5.32 Å². The highest BCUT2D eigenvalue weighted by Crippen LogP contribution is 2.21. The minimum Gasteiger partial charge on any atom is -0.393 e. The van der Waals surface area contributed by atoms with E-state index in [1.54, 1.807) is 6.07 Å². The third-order valence-electron chi connectivity index (χ3n) is 3.33.